The van der Waals surface area contributed by atoms with Crippen LogP contribution in [0.1, 0.15) is 31.9 Å². The van der Waals surface area contributed by atoms with Crippen LogP contribution in [0.2, 0.25) is 0 Å². The van der Waals surface area contributed by atoms with E-state index < -0.39 is 0 Å². The zero-order valence-electron chi connectivity index (χ0n) is 18.2. The predicted molar refractivity (Wildman–Crippen MR) is 120 cm³/mol. The molecule has 6 nitrogen and oxygen atoms in total. The minimum Gasteiger partial charge on any atom is -0.350 e. The Kier molecular flexibility index (Phi) is 6.61. The largest absolute Gasteiger partial charge is 0.350 e. The van der Waals surface area contributed by atoms with E-state index in [1.165, 1.54) is 11.1 Å². The van der Waals surface area contributed by atoms with Crippen molar-refractivity contribution in [1.29, 1.82) is 0 Å². The van der Waals surface area contributed by atoms with Crippen molar-refractivity contribution in [1.82, 2.24) is 24.3 Å². The fraction of sp³-hybridized carbons (Fsp3) is 0.545. The van der Waals surface area contributed by atoms with Crippen molar-refractivity contribution in [3.8, 4) is 5.69 Å². The second-order valence-corrected chi connectivity index (χ2v) is 9.39. The summed E-state index contributed by atoms with van der Waals surface area (Å²) in [5.41, 5.74) is 3.47. The molecule has 158 valence electrons. The lowest BCUT2D eigenvalue weighted by Crippen LogP contribution is -2.51. The third-order valence-corrected chi connectivity index (χ3v) is 5.75. The van der Waals surface area contributed by atoms with Gasteiger partial charge < -0.3 is 9.88 Å². The summed E-state index contributed by atoms with van der Waals surface area (Å²) in [7, 11) is 0. The number of aryl methyl sites for hydroxylation is 2. The van der Waals surface area contributed by atoms with Gasteiger partial charge >= 0.3 is 0 Å². The maximum atomic E-state index is 12.1. The van der Waals surface area contributed by atoms with Gasteiger partial charge in [-0.2, -0.15) is 0 Å². The minimum atomic E-state index is -0.182. The Balaban J connectivity index is 1.56. The van der Waals surface area contributed by atoms with Crippen LogP contribution < -0.4 is 5.32 Å². The summed E-state index contributed by atoms with van der Waals surface area (Å²) in [6.45, 7) is 15.2. The average Bonchev–Trinajstić information content (AvgIpc) is 2.98. The highest BCUT2D eigenvalue weighted by atomic mass is 32.1. The van der Waals surface area contributed by atoms with Crippen LogP contribution in [0, 0.1) is 18.6 Å². The number of nitrogens with zero attached hydrogens (tertiary/aromatic N) is 4. The van der Waals surface area contributed by atoms with Crippen molar-refractivity contribution >= 4 is 18.1 Å². The zero-order chi connectivity index (χ0) is 21.2. The van der Waals surface area contributed by atoms with Crippen LogP contribution in [0.3, 0.4) is 0 Å². The maximum Gasteiger partial charge on any atom is 0.234 e. The highest BCUT2D eigenvalue weighted by Crippen LogP contribution is 2.16. The Bertz CT molecular complexity index is 916. The van der Waals surface area contributed by atoms with Crippen LogP contribution in [0.15, 0.2) is 30.6 Å². The molecule has 0 atom stereocenters. The van der Waals surface area contributed by atoms with E-state index in [4.69, 9.17) is 12.2 Å². The van der Waals surface area contributed by atoms with E-state index in [9.17, 15) is 4.79 Å². The van der Waals surface area contributed by atoms with E-state index in [0.717, 1.165) is 43.3 Å². The molecule has 0 saturated carbocycles. The number of amides is 1. The van der Waals surface area contributed by atoms with Crippen molar-refractivity contribution in [3.05, 3.63) is 46.5 Å². The monoisotopic (exact) mass is 415 g/mol. The molecule has 7 heteroatoms. The number of carbonyl (C=O) groups excluding carboxylic acids is 1. The lowest BCUT2D eigenvalue weighted by molar-refractivity contribution is -0.124. The molecule has 1 aromatic heterocycles. The number of imidazole rings is 1. The van der Waals surface area contributed by atoms with E-state index in [1.807, 2.05) is 27.0 Å². The molecule has 1 N–H and O–H groups in total. The molecule has 1 aliphatic heterocycles. The number of hydrogen-bond donors (Lipinski definition) is 1. The molecule has 0 unspecified atom stereocenters. The summed E-state index contributed by atoms with van der Waals surface area (Å²) in [5.74, 6) is 0.0960. The summed E-state index contributed by atoms with van der Waals surface area (Å²) in [5, 5.41) is 3.04. The molecule has 1 saturated heterocycles. The highest BCUT2D eigenvalue weighted by Gasteiger charge is 2.21. The molecule has 0 spiro atoms. The van der Waals surface area contributed by atoms with Gasteiger partial charge in [-0.15, -0.1) is 0 Å². The molecular weight excluding hydrogens is 382 g/mol. The second-order valence-electron chi connectivity index (χ2n) is 9.02. The zero-order valence-corrected chi connectivity index (χ0v) is 19.1. The van der Waals surface area contributed by atoms with E-state index in [-0.39, 0.29) is 11.4 Å². The maximum absolute atomic E-state index is 12.1. The number of rotatable bonds is 5. The van der Waals surface area contributed by atoms with E-state index >= 15 is 0 Å². The molecule has 29 heavy (non-hydrogen) atoms. The molecule has 1 aliphatic rings. The molecule has 1 fully saturated rings. The first-order valence-corrected chi connectivity index (χ1v) is 10.6. The summed E-state index contributed by atoms with van der Waals surface area (Å²) >= 11 is 5.72. The Hall–Kier alpha value is -1.96. The first kappa shape index (κ1) is 21.7. The average molecular weight is 416 g/mol. The number of aromatic nitrogens is 2. The number of benzene rings is 1. The van der Waals surface area contributed by atoms with Gasteiger partial charge in [0.05, 0.1) is 13.2 Å². The Morgan fingerprint density at radius 3 is 2.31 bits per heavy atom. The molecule has 1 aromatic carbocycles. The van der Waals surface area contributed by atoms with Gasteiger partial charge in [0.2, 0.25) is 5.91 Å². The van der Waals surface area contributed by atoms with Gasteiger partial charge in [-0.05, 0) is 70.1 Å². The SMILES string of the molecule is Cc1ccc(-n2ccn(CN3CCN(CC(=O)NC(C)(C)C)CC3)c2=S)cc1C. The van der Waals surface area contributed by atoms with Crippen molar-refractivity contribution < 1.29 is 4.79 Å². The van der Waals surface area contributed by atoms with Crippen molar-refractivity contribution in [2.75, 3.05) is 32.7 Å². The van der Waals surface area contributed by atoms with E-state index in [1.54, 1.807) is 0 Å². The molecule has 2 aromatic rings. The summed E-state index contributed by atoms with van der Waals surface area (Å²) < 4.78 is 4.99. The van der Waals surface area contributed by atoms with Crippen molar-refractivity contribution in [2.24, 2.45) is 0 Å². The van der Waals surface area contributed by atoms with Gasteiger partial charge in [-0.25, -0.2) is 0 Å². The van der Waals surface area contributed by atoms with Crippen molar-refractivity contribution in [3.63, 3.8) is 0 Å². The fourth-order valence-corrected chi connectivity index (χ4v) is 3.84. The van der Waals surface area contributed by atoms with Crippen LogP contribution in [0.25, 0.3) is 5.69 Å². The standard InChI is InChI=1S/C22H33N5OS/c1-17-6-7-19(14-18(17)2)27-13-12-26(21(27)29)16-25-10-8-24(9-11-25)15-20(28)23-22(3,4)5/h6-7,12-14H,8-11,15-16H2,1-5H3,(H,23,28). The van der Waals surface area contributed by atoms with Gasteiger partial charge in [0, 0.05) is 49.8 Å². The molecule has 0 radical (unpaired) electrons. The lowest BCUT2D eigenvalue weighted by Gasteiger charge is -2.34. The molecule has 1 amide bonds. The first-order chi connectivity index (χ1) is 13.6. The number of carbonyl (C=O) groups is 1. The quantitative estimate of drug-likeness (QED) is 0.762. The van der Waals surface area contributed by atoms with Crippen LogP contribution >= 0.6 is 12.2 Å². The molecule has 2 heterocycles. The summed E-state index contributed by atoms with van der Waals surface area (Å²) in [6.07, 6.45) is 4.10. The molecule has 3 rings (SSSR count). The summed E-state index contributed by atoms with van der Waals surface area (Å²) in [6, 6.07) is 6.43. The smallest absolute Gasteiger partial charge is 0.234 e. The molecular formula is C22H33N5OS. The molecule has 0 aliphatic carbocycles. The van der Waals surface area contributed by atoms with Gasteiger partial charge in [0.25, 0.3) is 0 Å². The van der Waals surface area contributed by atoms with E-state index in [2.05, 4.69) is 62.5 Å². The summed E-state index contributed by atoms with van der Waals surface area (Å²) in [4.78, 5) is 16.7. The number of nitrogens with one attached hydrogen (secondary N) is 1. The Labute approximate surface area is 179 Å². The van der Waals surface area contributed by atoms with E-state index in [0.29, 0.717) is 6.54 Å². The second kappa shape index (κ2) is 8.81. The Morgan fingerprint density at radius 2 is 1.69 bits per heavy atom. The normalized spacial score (nSPS) is 16.2. The third-order valence-electron chi connectivity index (χ3n) is 5.32. The van der Waals surface area contributed by atoms with Crippen LogP contribution in [0.5, 0.6) is 0 Å². The minimum absolute atomic E-state index is 0.0960. The van der Waals surface area contributed by atoms with Gasteiger partial charge in [0.15, 0.2) is 4.77 Å². The topological polar surface area (TPSA) is 45.4 Å². The van der Waals surface area contributed by atoms with Crippen LogP contribution in [-0.2, 0) is 11.5 Å². The lowest BCUT2D eigenvalue weighted by atomic mass is 10.1. The Morgan fingerprint density at radius 1 is 1.03 bits per heavy atom. The molecule has 0 bridgehead atoms. The van der Waals surface area contributed by atoms with Crippen LogP contribution in [-0.4, -0.2) is 63.1 Å². The van der Waals surface area contributed by atoms with Crippen LogP contribution in [0.4, 0.5) is 0 Å². The van der Waals surface area contributed by atoms with Crippen molar-refractivity contribution in [2.45, 2.75) is 46.8 Å². The van der Waals surface area contributed by atoms with Gasteiger partial charge in [0.1, 0.15) is 0 Å². The highest BCUT2D eigenvalue weighted by molar-refractivity contribution is 7.71. The number of piperazine rings is 1. The third kappa shape index (κ3) is 5.78. The first-order valence-electron chi connectivity index (χ1n) is 10.2. The fourth-order valence-electron chi connectivity index (χ4n) is 3.56. The van der Waals surface area contributed by atoms with Gasteiger partial charge in [-0.3, -0.25) is 19.2 Å². The predicted octanol–water partition coefficient (Wildman–Crippen LogP) is 3.11. The number of hydrogen-bond acceptors (Lipinski definition) is 4. The van der Waals surface area contributed by atoms with Gasteiger partial charge in [-0.1, -0.05) is 6.07 Å².